The van der Waals surface area contributed by atoms with Crippen LogP contribution in [-0.4, -0.2) is 28.3 Å². The predicted octanol–water partition coefficient (Wildman–Crippen LogP) is 3.28. The van der Waals surface area contributed by atoms with Crippen molar-refractivity contribution in [2.24, 2.45) is 0 Å². The van der Waals surface area contributed by atoms with Gasteiger partial charge in [-0.25, -0.2) is 4.98 Å². The van der Waals surface area contributed by atoms with Gasteiger partial charge in [-0.05, 0) is 24.6 Å². The average molecular weight is 329 g/mol. The fourth-order valence-corrected chi connectivity index (χ4v) is 2.98. The number of hydrogen-bond acceptors (Lipinski definition) is 7. The summed E-state index contributed by atoms with van der Waals surface area (Å²) in [4.78, 5) is 8.69. The molecule has 1 fully saturated rings. The van der Waals surface area contributed by atoms with Crippen LogP contribution < -0.4 is 4.74 Å². The molecule has 6 nitrogen and oxygen atoms in total. The smallest absolute Gasteiger partial charge is 0.258 e. The summed E-state index contributed by atoms with van der Waals surface area (Å²) in [6.07, 6.45) is 0.940. The van der Waals surface area contributed by atoms with E-state index in [0.717, 1.165) is 30.0 Å². The number of rotatable bonds is 5. The van der Waals surface area contributed by atoms with Crippen molar-refractivity contribution in [1.82, 2.24) is 15.1 Å². The lowest BCUT2D eigenvalue weighted by Gasteiger charge is -2.05. The number of benzene rings is 1. The third-order valence-electron chi connectivity index (χ3n) is 3.69. The molecule has 0 unspecified atom stereocenters. The van der Waals surface area contributed by atoms with Crippen molar-refractivity contribution in [3.63, 3.8) is 0 Å². The van der Waals surface area contributed by atoms with E-state index >= 15 is 0 Å². The Hall–Kier alpha value is -2.25. The fourth-order valence-electron chi connectivity index (χ4n) is 2.44. The standard InChI is InChI=1S/C16H15N3O3S/c1-2-11(6-14(3-1)21-8-13-9-23-10-17-13)16-18-15(19-22-16)12-4-5-20-7-12/h1-3,6,9-10,12H,4-5,7-8H2/t12-/m0/s1. The third kappa shape index (κ3) is 3.25. The van der Waals surface area contributed by atoms with E-state index in [2.05, 4.69) is 15.1 Å². The molecule has 23 heavy (non-hydrogen) atoms. The Balaban J connectivity index is 1.49. The van der Waals surface area contributed by atoms with Crippen molar-refractivity contribution in [3.05, 3.63) is 46.7 Å². The lowest BCUT2D eigenvalue weighted by Crippen LogP contribution is -1.99. The van der Waals surface area contributed by atoms with Crippen LogP contribution in [0.1, 0.15) is 23.9 Å². The largest absolute Gasteiger partial charge is 0.487 e. The molecule has 1 aromatic carbocycles. The molecule has 0 N–H and O–H groups in total. The van der Waals surface area contributed by atoms with Crippen molar-refractivity contribution < 1.29 is 14.0 Å². The minimum atomic E-state index is 0.233. The van der Waals surface area contributed by atoms with Gasteiger partial charge in [0.25, 0.3) is 5.89 Å². The Morgan fingerprint density at radius 2 is 2.35 bits per heavy atom. The first kappa shape index (κ1) is 14.3. The summed E-state index contributed by atoms with van der Waals surface area (Å²) in [6, 6.07) is 7.64. The Morgan fingerprint density at radius 3 is 3.17 bits per heavy atom. The van der Waals surface area contributed by atoms with Crippen LogP contribution in [0.25, 0.3) is 11.5 Å². The van der Waals surface area contributed by atoms with Crippen molar-refractivity contribution in [2.75, 3.05) is 13.2 Å². The Labute approximate surface area is 137 Å². The van der Waals surface area contributed by atoms with Crippen LogP contribution in [-0.2, 0) is 11.3 Å². The zero-order valence-corrected chi connectivity index (χ0v) is 13.2. The minimum absolute atomic E-state index is 0.233. The summed E-state index contributed by atoms with van der Waals surface area (Å²) in [5.41, 5.74) is 3.56. The van der Waals surface area contributed by atoms with Gasteiger partial charge in [-0.15, -0.1) is 11.3 Å². The molecule has 0 radical (unpaired) electrons. The molecule has 0 bridgehead atoms. The molecule has 7 heteroatoms. The van der Waals surface area contributed by atoms with E-state index in [1.807, 2.05) is 29.6 Å². The molecule has 2 aromatic heterocycles. The van der Waals surface area contributed by atoms with E-state index in [-0.39, 0.29) is 5.92 Å². The molecule has 1 atom stereocenters. The zero-order valence-electron chi connectivity index (χ0n) is 12.3. The normalized spacial score (nSPS) is 17.5. The third-order valence-corrected chi connectivity index (χ3v) is 4.32. The molecular formula is C16H15N3O3S. The lowest BCUT2D eigenvalue weighted by atomic mass is 10.1. The van der Waals surface area contributed by atoms with Crippen LogP contribution in [0.5, 0.6) is 5.75 Å². The Bertz CT molecular complexity index is 766. The highest BCUT2D eigenvalue weighted by atomic mass is 32.1. The van der Waals surface area contributed by atoms with E-state index < -0.39 is 0 Å². The summed E-state index contributed by atoms with van der Waals surface area (Å²) in [5, 5.41) is 6.05. The maximum absolute atomic E-state index is 5.75. The van der Waals surface area contributed by atoms with Crippen LogP contribution in [0.4, 0.5) is 0 Å². The molecule has 0 spiro atoms. The quantitative estimate of drug-likeness (QED) is 0.715. The van der Waals surface area contributed by atoms with Crippen LogP contribution in [0.3, 0.4) is 0 Å². The first-order valence-corrected chi connectivity index (χ1v) is 8.34. The summed E-state index contributed by atoms with van der Waals surface area (Å²) >= 11 is 1.55. The van der Waals surface area contributed by atoms with E-state index in [1.54, 1.807) is 16.8 Å². The van der Waals surface area contributed by atoms with Gasteiger partial charge in [0.05, 0.1) is 17.8 Å². The van der Waals surface area contributed by atoms with E-state index in [0.29, 0.717) is 24.9 Å². The summed E-state index contributed by atoms with van der Waals surface area (Å²) in [7, 11) is 0. The predicted molar refractivity (Wildman–Crippen MR) is 84.4 cm³/mol. The summed E-state index contributed by atoms with van der Waals surface area (Å²) in [6.45, 7) is 1.87. The first-order chi connectivity index (χ1) is 11.4. The second kappa shape index (κ2) is 6.47. The highest BCUT2D eigenvalue weighted by Gasteiger charge is 2.23. The average Bonchev–Trinajstić information content (AvgIpc) is 3.35. The van der Waals surface area contributed by atoms with Gasteiger partial charge in [0.2, 0.25) is 0 Å². The highest BCUT2D eigenvalue weighted by Crippen LogP contribution is 2.27. The molecule has 118 valence electrons. The summed E-state index contributed by atoms with van der Waals surface area (Å²) in [5.74, 6) is 2.20. The second-order valence-electron chi connectivity index (χ2n) is 5.31. The van der Waals surface area contributed by atoms with E-state index in [4.69, 9.17) is 14.0 Å². The lowest BCUT2D eigenvalue weighted by molar-refractivity contribution is 0.192. The van der Waals surface area contributed by atoms with Gasteiger partial charge < -0.3 is 14.0 Å². The van der Waals surface area contributed by atoms with Crippen LogP contribution in [0, 0.1) is 0 Å². The van der Waals surface area contributed by atoms with Crippen LogP contribution in [0.15, 0.2) is 39.7 Å². The number of hydrogen-bond donors (Lipinski definition) is 0. The number of nitrogens with zero attached hydrogens (tertiary/aromatic N) is 3. The molecule has 3 aromatic rings. The van der Waals surface area contributed by atoms with Crippen molar-refractivity contribution in [3.8, 4) is 17.2 Å². The van der Waals surface area contributed by atoms with E-state index in [1.165, 1.54) is 0 Å². The maximum atomic E-state index is 5.75. The number of thiazole rings is 1. The molecule has 0 amide bonds. The molecule has 3 heterocycles. The molecule has 4 rings (SSSR count). The molecule has 1 saturated heterocycles. The first-order valence-electron chi connectivity index (χ1n) is 7.40. The molecule has 1 aliphatic rings. The Kier molecular flexibility index (Phi) is 4.04. The van der Waals surface area contributed by atoms with Crippen LogP contribution >= 0.6 is 11.3 Å². The van der Waals surface area contributed by atoms with Gasteiger partial charge in [0.1, 0.15) is 12.4 Å². The minimum Gasteiger partial charge on any atom is -0.487 e. The van der Waals surface area contributed by atoms with Crippen molar-refractivity contribution in [2.45, 2.75) is 18.9 Å². The van der Waals surface area contributed by atoms with Gasteiger partial charge >= 0.3 is 0 Å². The van der Waals surface area contributed by atoms with E-state index in [9.17, 15) is 0 Å². The zero-order chi connectivity index (χ0) is 15.5. The van der Waals surface area contributed by atoms with Gasteiger partial charge in [-0.3, -0.25) is 0 Å². The molecule has 1 aliphatic heterocycles. The van der Waals surface area contributed by atoms with Crippen molar-refractivity contribution >= 4 is 11.3 Å². The Morgan fingerprint density at radius 1 is 1.35 bits per heavy atom. The fraction of sp³-hybridized carbons (Fsp3) is 0.312. The van der Waals surface area contributed by atoms with Crippen molar-refractivity contribution in [1.29, 1.82) is 0 Å². The summed E-state index contributed by atoms with van der Waals surface area (Å²) < 4.78 is 16.5. The van der Waals surface area contributed by atoms with Crippen LogP contribution in [0.2, 0.25) is 0 Å². The molecular weight excluding hydrogens is 314 g/mol. The number of aromatic nitrogens is 3. The van der Waals surface area contributed by atoms with Gasteiger partial charge in [0.15, 0.2) is 5.82 Å². The molecule has 0 aliphatic carbocycles. The van der Waals surface area contributed by atoms with Gasteiger partial charge in [-0.1, -0.05) is 11.2 Å². The number of ether oxygens (including phenoxy) is 2. The van der Waals surface area contributed by atoms with Gasteiger partial charge in [0, 0.05) is 23.5 Å². The highest BCUT2D eigenvalue weighted by molar-refractivity contribution is 7.07. The SMILES string of the molecule is c1cc(OCc2cscn2)cc(-c2nc([C@H]3CCOC3)no2)c1. The maximum Gasteiger partial charge on any atom is 0.258 e. The second-order valence-corrected chi connectivity index (χ2v) is 6.03. The topological polar surface area (TPSA) is 70.3 Å². The molecule has 0 saturated carbocycles. The monoisotopic (exact) mass is 329 g/mol. The van der Waals surface area contributed by atoms with Gasteiger partial charge in [-0.2, -0.15) is 4.98 Å².